The van der Waals surface area contributed by atoms with Crippen LogP contribution in [0.1, 0.15) is 13.8 Å². The van der Waals surface area contributed by atoms with Crippen LogP contribution in [-0.4, -0.2) is 67.4 Å². The van der Waals surface area contributed by atoms with Crippen molar-refractivity contribution in [2.45, 2.75) is 25.4 Å². The zero-order valence-corrected chi connectivity index (χ0v) is 11.9. The molecule has 0 aromatic heterocycles. The number of rotatable bonds is 5. The van der Waals surface area contributed by atoms with E-state index in [2.05, 4.69) is 10.6 Å². The summed E-state index contributed by atoms with van der Waals surface area (Å²) in [5.41, 5.74) is -0.171. The number of amides is 2. The van der Waals surface area contributed by atoms with Crippen LogP contribution in [0.25, 0.3) is 0 Å². The summed E-state index contributed by atoms with van der Waals surface area (Å²) in [6, 6.07) is -0.836. The minimum atomic E-state index is -0.948. The number of ether oxygens (including phenoxy) is 1. The zero-order chi connectivity index (χ0) is 14.6. The summed E-state index contributed by atoms with van der Waals surface area (Å²) in [4.78, 5) is 24.7. The number of nitrogens with zero attached hydrogens (tertiary/aromatic N) is 1. The van der Waals surface area contributed by atoms with Gasteiger partial charge < -0.3 is 25.4 Å². The van der Waals surface area contributed by atoms with Gasteiger partial charge in [0.2, 0.25) is 0 Å². The predicted octanol–water partition coefficient (Wildman–Crippen LogP) is -0.275. The highest BCUT2D eigenvalue weighted by Crippen LogP contribution is 2.13. The van der Waals surface area contributed by atoms with Gasteiger partial charge in [0.15, 0.2) is 0 Å². The first-order valence-electron chi connectivity index (χ1n) is 6.26. The second-order valence-electron chi connectivity index (χ2n) is 5.62. The van der Waals surface area contributed by atoms with Crippen LogP contribution in [0.4, 0.5) is 4.79 Å². The van der Waals surface area contributed by atoms with Gasteiger partial charge >= 0.3 is 12.0 Å². The Kier molecular flexibility index (Phi) is 5.13. The van der Waals surface area contributed by atoms with Crippen molar-refractivity contribution in [1.82, 2.24) is 15.5 Å². The predicted molar refractivity (Wildman–Crippen MR) is 70.0 cm³/mol. The summed E-state index contributed by atoms with van der Waals surface area (Å²) in [6.45, 7) is 4.86. The fourth-order valence-corrected chi connectivity index (χ4v) is 1.61. The lowest BCUT2D eigenvalue weighted by Crippen LogP contribution is -2.53. The van der Waals surface area contributed by atoms with E-state index in [9.17, 15) is 9.59 Å². The van der Waals surface area contributed by atoms with Crippen LogP contribution in [0.15, 0.2) is 0 Å². The first-order chi connectivity index (χ1) is 8.74. The lowest BCUT2D eigenvalue weighted by atomic mass is 10.0. The molecule has 0 aliphatic carbocycles. The molecule has 0 aromatic carbocycles. The Morgan fingerprint density at radius 2 is 2.00 bits per heavy atom. The zero-order valence-electron chi connectivity index (χ0n) is 11.9. The van der Waals surface area contributed by atoms with Gasteiger partial charge in [0.05, 0.1) is 19.3 Å². The van der Waals surface area contributed by atoms with Crippen molar-refractivity contribution in [3.05, 3.63) is 0 Å². The molecule has 0 saturated carbocycles. The van der Waals surface area contributed by atoms with Gasteiger partial charge in [-0.05, 0) is 27.9 Å². The molecule has 2 atom stereocenters. The van der Waals surface area contributed by atoms with Gasteiger partial charge in [0.25, 0.3) is 0 Å². The Hall–Kier alpha value is -1.34. The van der Waals surface area contributed by atoms with Gasteiger partial charge in [-0.2, -0.15) is 0 Å². The summed E-state index contributed by atoms with van der Waals surface area (Å²) >= 11 is 0. The highest BCUT2D eigenvalue weighted by Gasteiger charge is 2.35. The van der Waals surface area contributed by atoms with Crippen molar-refractivity contribution in [3.63, 3.8) is 0 Å². The molecule has 3 N–H and O–H groups in total. The van der Waals surface area contributed by atoms with Crippen molar-refractivity contribution in [1.29, 1.82) is 0 Å². The largest absolute Gasteiger partial charge is 0.481 e. The smallest absolute Gasteiger partial charge is 0.315 e. The highest BCUT2D eigenvalue weighted by atomic mass is 16.5. The normalized spacial score (nSPS) is 23.4. The van der Waals surface area contributed by atoms with E-state index in [4.69, 9.17) is 9.84 Å². The minimum absolute atomic E-state index is 0.142. The molecule has 0 spiro atoms. The molecule has 0 radical (unpaired) electrons. The number of carboxylic acids is 1. The monoisotopic (exact) mass is 273 g/mol. The third kappa shape index (κ3) is 4.36. The van der Waals surface area contributed by atoms with Gasteiger partial charge in [0.1, 0.15) is 5.92 Å². The molecule has 1 aliphatic heterocycles. The Labute approximate surface area is 113 Å². The lowest BCUT2D eigenvalue weighted by molar-refractivity contribution is -0.142. The lowest BCUT2D eigenvalue weighted by Gasteiger charge is -2.32. The molecule has 7 heteroatoms. The number of aliphatic carboxylic acids is 1. The number of carbonyl (C=O) groups is 2. The molecule has 2 amide bonds. The van der Waals surface area contributed by atoms with Crippen molar-refractivity contribution < 1.29 is 19.4 Å². The number of carbonyl (C=O) groups excluding carboxylic acids is 1. The highest BCUT2D eigenvalue weighted by molar-refractivity contribution is 5.77. The van der Waals surface area contributed by atoms with E-state index in [1.807, 2.05) is 32.8 Å². The summed E-state index contributed by atoms with van der Waals surface area (Å²) in [7, 11) is 3.87. The van der Waals surface area contributed by atoms with Gasteiger partial charge in [-0.1, -0.05) is 0 Å². The Morgan fingerprint density at radius 3 is 2.53 bits per heavy atom. The van der Waals surface area contributed by atoms with E-state index in [1.54, 1.807) is 0 Å². The number of hydrogen-bond acceptors (Lipinski definition) is 4. The second-order valence-corrected chi connectivity index (χ2v) is 5.62. The van der Waals surface area contributed by atoms with Crippen LogP contribution in [-0.2, 0) is 9.53 Å². The van der Waals surface area contributed by atoms with Crippen LogP contribution in [0, 0.1) is 5.92 Å². The fourth-order valence-electron chi connectivity index (χ4n) is 1.61. The Morgan fingerprint density at radius 1 is 1.37 bits per heavy atom. The maximum absolute atomic E-state index is 11.7. The maximum Gasteiger partial charge on any atom is 0.315 e. The summed E-state index contributed by atoms with van der Waals surface area (Å²) in [5.74, 6) is -1.62. The molecular formula is C12H23N3O4. The average Bonchev–Trinajstić information content (AvgIpc) is 2.74. The molecule has 7 nitrogen and oxygen atoms in total. The van der Waals surface area contributed by atoms with Crippen LogP contribution in [0.3, 0.4) is 0 Å². The standard InChI is InChI=1S/C12H23N3O4/c1-12(2,15(3)4)7-13-11(18)14-9-6-19-5-8(9)10(16)17/h8-9H,5-7H2,1-4H3,(H,16,17)(H2,13,14,18). The molecule has 1 fully saturated rings. The summed E-state index contributed by atoms with van der Waals surface area (Å²) < 4.78 is 5.08. The number of nitrogens with one attached hydrogen (secondary N) is 2. The third-order valence-corrected chi connectivity index (χ3v) is 3.61. The number of likely N-dealkylation sites (N-methyl/N-ethyl adjacent to an activating group) is 1. The molecule has 1 heterocycles. The number of hydrogen-bond donors (Lipinski definition) is 3. The van der Waals surface area contributed by atoms with E-state index in [0.717, 1.165) is 0 Å². The molecule has 19 heavy (non-hydrogen) atoms. The van der Waals surface area contributed by atoms with Gasteiger partial charge in [0, 0.05) is 12.1 Å². The maximum atomic E-state index is 11.7. The third-order valence-electron chi connectivity index (χ3n) is 3.61. The van der Waals surface area contributed by atoms with Gasteiger partial charge in [-0.15, -0.1) is 0 Å². The molecule has 0 aromatic rings. The van der Waals surface area contributed by atoms with E-state index >= 15 is 0 Å². The number of urea groups is 1. The molecule has 1 saturated heterocycles. The van der Waals surface area contributed by atoms with Gasteiger partial charge in [-0.25, -0.2) is 4.79 Å². The van der Waals surface area contributed by atoms with E-state index in [-0.39, 0.29) is 24.8 Å². The Bertz CT molecular complexity index is 344. The Balaban J connectivity index is 2.41. The molecule has 2 unspecified atom stereocenters. The minimum Gasteiger partial charge on any atom is -0.481 e. The SMILES string of the molecule is CN(C)C(C)(C)CNC(=O)NC1COCC1C(=O)O. The summed E-state index contributed by atoms with van der Waals surface area (Å²) in [6.07, 6.45) is 0. The second kappa shape index (κ2) is 6.21. The first-order valence-corrected chi connectivity index (χ1v) is 6.26. The topological polar surface area (TPSA) is 90.9 Å². The molecular weight excluding hydrogens is 250 g/mol. The van der Waals surface area contributed by atoms with E-state index in [1.165, 1.54) is 0 Å². The molecule has 1 aliphatic rings. The molecule has 0 bridgehead atoms. The van der Waals surface area contributed by atoms with Crippen LogP contribution in [0.5, 0.6) is 0 Å². The van der Waals surface area contributed by atoms with Crippen LogP contribution >= 0.6 is 0 Å². The molecule has 110 valence electrons. The first kappa shape index (κ1) is 15.7. The van der Waals surface area contributed by atoms with Crippen LogP contribution in [0.2, 0.25) is 0 Å². The number of carboxylic acid groups (broad SMARTS) is 1. The van der Waals surface area contributed by atoms with Gasteiger partial charge in [-0.3, -0.25) is 4.79 Å². The molecule has 1 rings (SSSR count). The van der Waals surface area contributed by atoms with Crippen molar-refractivity contribution in [3.8, 4) is 0 Å². The van der Waals surface area contributed by atoms with E-state index < -0.39 is 17.9 Å². The van der Waals surface area contributed by atoms with Crippen molar-refractivity contribution in [2.24, 2.45) is 5.92 Å². The van der Waals surface area contributed by atoms with Crippen LogP contribution < -0.4 is 10.6 Å². The average molecular weight is 273 g/mol. The van der Waals surface area contributed by atoms with Crippen molar-refractivity contribution in [2.75, 3.05) is 33.9 Å². The van der Waals surface area contributed by atoms with E-state index in [0.29, 0.717) is 6.54 Å². The quantitative estimate of drug-likeness (QED) is 0.641. The summed E-state index contributed by atoms with van der Waals surface area (Å²) in [5, 5.41) is 14.4. The van der Waals surface area contributed by atoms with Crippen molar-refractivity contribution >= 4 is 12.0 Å². The fraction of sp³-hybridized carbons (Fsp3) is 0.833.